The molecule has 2 heterocycles. The highest BCUT2D eigenvalue weighted by atomic mass is 32.2. The van der Waals surface area contributed by atoms with Crippen molar-refractivity contribution >= 4 is 29.3 Å². The molecule has 6 nitrogen and oxygen atoms in total. The van der Waals surface area contributed by atoms with Crippen LogP contribution in [0.5, 0.6) is 0 Å². The summed E-state index contributed by atoms with van der Waals surface area (Å²) in [5, 5.41) is 6.29. The summed E-state index contributed by atoms with van der Waals surface area (Å²) in [6.07, 6.45) is -2.97. The largest absolute Gasteiger partial charge is 0.435 e. The van der Waals surface area contributed by atoms with E-state index in [0.717, 1.165) is 40.9 Å². The van der Waals surface area contributed by atoms with Crippen LogP contribution in [0.4, 0.5) is 18.9 Å². The molecular weight excluding hydrogens is 453 g/mol. The van der Waals surface area contributed by atoms with Crippen LogP contribution >= 0.6 is 11.8 Å². The first-order valence-electron chi connectivity index (χ1n) is 10.3. The molecule has 4 rings (SSSR count). The number of amides is 2. The molecule has 10 heteroatoms. The molecular formula is C23H21F3N4O2S. The van der Waals surface area contributed by atoms with Crippen molar-refractivity contribution in [1.29, 1.82) is 0 Å². The van der Waals surface area contributed by atoms with Crippen molar-refractivity contribution in [3.05, 3.63) is 77.6 Å². The lowest BCUT2D eigenvalue weighted by Crippen LogP contribution is -2.38. The summed E-state index contributed by atoms with van der Waals surface area (Å²) in [5.74, 6) is 1.68. The Morgan fingerprint density at radius 1 is 0.970 bits per heavy atom. The van der Waals surface area contributed by atoms with Gasteiger partial charge in [0.05, 0.1) is 12.1 Å². The second-order valence-corrected chi connectivity index (χ2v) is 8.74. The number of aromatic nitrogens is 2. The van der Waals surface area contributed by atoms with Gasteiger partial charge in [-0.3, -0.25) is 9.59 Å². The van der Waals surface area contributed by atoms with Gasteiger partial charge in [0.15, 0.2) is 5.69 Å². The molecule has 1 saturated heterocycles. The number of nitrogens with zero attached hydrogens (tertiary/aromatic N) is 3. The van der Waals surface area contributed by atoms with Crippen molar-refractivity contribution in [1.82, 2.24) is 14.7 Å². The molecule has 33 heavy (non-hydrogen) atoms. The topological polar surface area (TPSA) is 67.2 Å². The smallest absolute Gasteiger partial charge is 0.341 e. The molecule has 172 valence electrons. The van der Waals surface area contributed by atoms with Gasteiger partial charge in [0.25, 0.3) is 5.91 Å². The van der Waals surface area contributed by atoms with Crippen molar-refractivity contribution in [2.75, 3.05) is 29.9 Å². The summed E-state index contributed by atoms with van der Waals surface area (Å²) in [4.78, 5) is 26.8. The van der Waals surface area contributed by atoms with Crippen molar-refractivity contribution in [3.8, 4) is 5.69 Å². The van der Waals surface area contributed by atoms with E-state index in [9.17, 15) is 22.8 Å². The van der Waals surface area contributed by atoms with Gasteiger partial charge >= 0.3 is 6.18 Å². The average Bonchev–Trinajstić information content (AvgIpc) is 3.32. The number of anilines is 1. The molecule has 2 amide bonds. The third-order valence-corrected chi connectivity index (χ3v) is 6.15. The number of hydrogen-bond donors (Lipinski definition) is 1. The van der Waals surface area contributed by atoms with E-state index >= 15 is 0 Å². The predicted molar refractivity (Wildman–Crippen MR) is 121 cm³/mol. The van der Waals surface area contributed by atoms with E-state index in [1.807, 2.05) is 28.8 Å². The molecule has 0 atom stereocenters. The quantitative estimate of drug-likeness (QED) is 0.600. The van der Waals surface area contributed by atoms with E-state index in [1.165, 1.54) is 30.5 Å². The van der Waals surface area contributed by atoms with Gasteiger partial charge in [0.2, 0.25) is 5.91 Å². The Morgan fingerprint density at radius 2 is 1.64 bits per heavy atom. The van der Waals surface area contributed by atoms with Crippen molar-refractivity contribution in [3.63, 3.8) is 0 Å². The zero-order valence-corrected chi connectivity index (χ0v) is 18.3. The number of nitrogens with one attached hydrogen (secondary N) is 1. The summed E-state index contributed by atoms with van der Waals surface area (Å²) in [6.45, 7) is 1.56. The van der Waals surface area contributed by atoms with Crippen LogP contribution in [-0.2, 0) is 17.4 Å². The van der Waals surface area contributed by atoms with Gasteiger partial charge in [-0.05, 0) is 48.0 Å². The van der Waals surface area contributed by atoms with E-state index in [-0.39, 0.29) is 11.8 Å². The SMILES string of the molecule is O=C(Nc1ccc(CC(=O)N2CCSCC2)cc1)c1ccc(-n2ccc(C(F)(F)F)n2)cc1. The Kier molecular flexibility index (Phi) is 6.73. The highest BCUT2D eigenvalue weighted by Crippen LogP contribution is 2.28. The molecule has 1 fully saturated rings. The molecule has 1 aliphatic heterocycles. The van der Waals surface area contributed by atoms with Gasteiger partial charge in [0.1, 0.15) is 0 Å². The van der Waals surface area contributed by atoms with Gasteiger partial charge in [-0.1, -0.05) is 12.1 Å². The molecule has 1 aromatic heterocycles. The lowest BCUT2D eigenvalue weighted by Gasteiger charge is -2.26. The normalized spacial score (nSPS) is 14.2. The van der Waals surface area contributed by atoms with Crippen molar-refractivity contribution in [2.24, 2.45) is 0 Å². The van der Waals surface area contributed by atoms with E-state index in [2.05, 4.69) is 10.4 Å². The van der Waals surface area contributed by atoms with Crippen LogP contribution in [0, 0.1) is 0 Å². The standard InChI is InChI=1S/C23H21F3N4O2S/c24-23(25,26)20-9-10-30(28-20)19-7-3-17(4-8-19)22(32)27-18-5-1-16(2-6-18)15-21(31)29-11-13-33-14-12-29/h1-10H,11-15H2,(H,27,32). The van der Waals surface area contributed by atoms with Crippen LogP contribution < -0.4 is 5.32 Å². The highest BCUT2D eigenvalue weighted by Gasteiger charge is 2.33. The molecule has 2 aromatic carbocycles. The molecule has 0 unspecified atom stereocenters. The zero-order chi connectivity index (χ0) is 23.4. The van der Waals surface area contributed by atoms with Gasteiger partial charge in [-0.2, -0.15) is 30.0 Å². The minimum atomic E-state index is -4.51. The number of alkyl halides is 3. The fourth-order valence-electron chi connectivity index (χ4n) is 3.39. The van der Waals surface area contributed by atoms with Gasteiger partial charge in [-0.25, -0.2) is 4.68 Å². The fourth-order valence-corrected chi connectivity index (χ4v) is 4.30. The number of thioether (sulfide) groups is 1. The van der Waals surface area contributed by atoms with E-state index in [4.69, 9.17) is 0 Å². The molecule has 3 aromatic rings. The summed E-state index contributed by atoms with van der Waals surface area (Å²) in [7, 11) is 0. The number of carbonyl (C=O) groups is 2. The number of halogens is 3. The Morgan fingerprint density at radius 3 is 2.24 bits per heavy atom. The first-order valence-corrected chi connectivity index (χ1v) is 11.4. The lowest BCUT2D eigenvalue weighted by molar-refractivity contribution is -0.141. The van der Waals surface area contributed by atoms with E-state index in [1.54, 1.807) is 12.1 Å². The highest BCUT2D eigenvalue weighted by molar-refractivity contribution is 7.99. The number of rotatable bonds is 5. The summed E-state index contributed by atoms with van der Waals surface area (Å²) < 4.78 is 39.3. The average molecular weight is 475 g/mol. The molecule has 0 radical (unpaired) electrons. The van der Waals surface area contributed by atoms with Gasteiger partial charge in [-0.15, -0.1) is 0 Å². The van der Waals surface area contributed by atoms with E-state index in [0.29, 0.717) is 23.4 Å². The molecule has 0 bridgehead atoms. The number of hydrogen-bond acceptors (Lipinski definition) is 4. The Balaban J connectivity index is 1.35. The lowest BCUT2D eigenvalue weighted by atomic mass is 10.1. The summed E-state index contributed by atoms with van der Waals surface area (Å²) in [6, 6.07) is 14.1. The molecule has 1 N–H and O–H groups in total. The maximum atomic E-state index is 12.7. The van der Waals surface area contributed by atoms with Crippen LogP contribution in [0.15, 0.2) is 60.8 Å². The zero-order valence-electron chi connectivity index (χ0n) is 17.5. The van der Waals surface area contributed by atoms with Gasteiger partial charge < -0.3 is 10.2 Å². The molecule has 1 aliphatic rings. The first-order chi connectivity index (χ1) is 15.8. The fraction of sp³-hybridized carbons (Fsp3) is 0.261. The third-order valence-electron chi connectivity index (χ3n) is 5.20. The predicted octanol–water partition coefficient (Wildman–Crippen LogP) is 4.26. The van der Waals surface area contributed by atoms with Crippen LogP contribution in [0.1, 0.15) is 21.6 Å². The second-order valence-electron chi connectivity index (χ2n) is 7.51. The van der Waals surface area contributed by atoms with E-state index < -0.39 is 11.9 Å². The Bertz CT molecular complexity index is 1120. The van der Waals surface area contributed by atoms with Crippen LogP contribution in [0.2, 0.25) is 0 Å². The number of carbonyl (C=O) groups excluding carboxylic acids is 2. The molecule has 0 aliphatic carbocycles. The first kappa shape index (κ1) is 22.9. The van der Waals surface area contributed by atoms with Crippen LogP contribution in [0.25, 0.3) is 5.69 Å². The molecule has 0 saturated carbocycles. The third kappa shape index (κ3) is 5.75. The van der Waals surface area contributed by atoms with Crippen LogP contribution in [0.3, 0.4) is 0 Å². The molecule has 0 spiro atoms. The summed E-state index contributed by atoms with van der Waals surface area (Å²) in [5.41, 5.74) is 1.23. The minimum absolute atomic E-state index is 0.103. The monoisotopic (exact) mass is 474 g/mol. The maximum absolute atomic E-state index is 12.7. The number of benzene rings is 2. The van der Waals surface area contributed by atoms with Crippen LogP contribution in [-0.4, -0.2) is 51.1 Å². The Labute approximate surface area is 192 Å². The minimum Gasteiger partial charge on any atom is -0.341 e. The summed E-state index contributed by atoms with van der Waals surface area (Å²) >= 11 is 1.85. The second kappa shape index (κ2) is 9.70. The maximum Gasteiger partial charge on any atom is 0.435 e. The van der Waals surface area contributed by atoms with Crippen molar-refractivity contribution in [2.45, 2.75) is 12.6 Å². The van der Waals surface area contributed by atoms with Crippen molar-refractivity contribution < 1.29 is 22.8 Å². The Hall–Kier alpha value is -3.27. The van der Waals surface area contributed by atoms with Gasteiger partial charge in [0, 0.05) is 42.0 Å².